The average molecular weight is 205 g/mol. The van der Waals surface area contributed by atoms with Crippen LogP contribution in [0.1, 0.15) is 12.6 Å². The van der Waals surface area contributed by atoms with Crippen molar-refractivity contribution in [1.82, 2.24) is 20.0 Å². The van der Waals surface area contributed by atoms with Crippen molar-refractivity contribution in [2.45, 2.75) is 13.3 Å². The number of nitrogens with one attached hydrogen (secondary N) is 1. The largest absolute Gasteiger partial charge is 0.393 e. The molecule has 0 aliphatic heterocycles. The summed E-state index contributed by atoms with van der Waals surface area (Å²) < 4.78 is 1.29. The van der Waals surface area contributed by atoms with Gasteiger partial charge in [0.2, 0.25) is 0 Å². The first kappa shape index (κ1) is 9.45. The molecule has 0 aromatic carbocycles. The number of nitrogens with zero attached hydrogens (tertiary/aromatic N) is 3. The van der Waals surface area contributed by atoms with E-state index in [1.807, 2.05) is 6.92 Å². The lowest BCUT2D eigenvalue weighted by molar-refractivity contribution is 0.772. The van der Waals surface area contributed by atoms with E-state index in [2.05, 4.69) is 15.3 Å². The number of hydrogen-bond acceptors (Lipinski definition) is 4. The third kappa shape index (κ3) is 1.50. The van der Waals surface area contributed by atoms with Gasteiger partial charge in [-0.1, -0.05) is 6.92 Å². The van der Waals surface area contributed by atoms with Crippen LogP contribution in [0.25, 0.3) is 5.82 Å². The minimum atomic E-state index is -0.285. The second-order valence-electron chi connectivity index (χ2n) is 3.08. The van der Waals surface area contributed by atoms with Gasteiger partial charge in [-0.2, -0.15) is 9.78 Å². The molecule has 0 aliphatic rings. The molecule has 6 nitrogen and oxygen atoms in total. The van der Waals surface area contributed by atoms with Crippen LogP contribution in [0.5, 0.6) is 0 Å². The minimum Gasteiger partial charge on any atom is -0.393 e. The highest BCUT2D eigenvalue weighted by Gasteiger charge is 2.11. The molecule has 78 valence electrons. The molecule has 0 amide bonds. The second kappa shape index (κ2) is 3.56. The topological polar surface area (TPSA) is 89.6 Å². The molecule has 0 atom stereocenters. The van der Waals surface area contributed by atoms with E-state index in [1.165, 1.54) is 4.68 Å². The summed E-state index contributed by atoms with van der Waals surface area (Å²) in [6.45, 7) is 1.92. The minimum absolute atomic E-state index is 0.239. The van der Waals surface area contributed by atoms with Crippen molar-refractivity contribution in [2.75, 3.05) is 5.73 Å². The highest BCUT2D eigenvalue weighted by atomic mass is 16.1. The fourth-order valence-corrected chi connectivity index (χ4v) is 1.34. The quantitative estimate of drug-likeness (QED) is 0.727. The van der Waals surface area contributed by atoms with Crippen molar-refractivity contribution in [1.29, 1.82) is 0 Å². The van der Waals surface area contributed by atoms with E-state index in [1.54, 1.807) is 18.3 Å². The number of rotatable bonds is 2. The zero-order valence-corrected chi connectivity index (χ0v) is 8.27. The molecule has 0 fully saturated rings. The number of anilines is 1. The van der Waals surface area contributed by atoms with Gasteiger partial charge < -0.3 is 5.73 Å². The Hall–Kier alpha value is -2.11. The maximum atomic E-state index is 11.7. The molecular weight excluding hydrogens is 194 g/mol. The van der Waals surface area contributed by atoms with Crippen molar-refractivity contribution in [2.24, 2.45) is 0 Å². The summed E-state index contributed by atoms with van der Waals surface area (Å²) in [5.74, 6) is 0.439. The summed E-state index contributed by atoms with van der Waals surface area (Å²) in [6.07, 6.45) is 2.22. The molecule has 2 rings (SSSR count). The highest BCUT2D eigenvalue weighted by Crippen LogP contribution is 2.06. The molecule has 0 radical (unpaired) electrons. The number of aromatic nitrogens is 4. The SMILES string of the molecule is CCc1[nH]n(-c2cccnn2)c(=O)c1N. The van der Waals surface area contributed by atoms with Crippen molar-refractivity contribution in [3.05, 3.63) is 34.4 Å². The number of H-pyrrole nitrogens is 1. The summed E-state index contributed by atoms with van der Waals surface area (Å²) in [5.41, 5.74) is 6.31. The first-order valence-corrected chi connectivity index (χ1v) is 4.61. The van der Waals surface area contributed by atoms with Gasteiger partial charge in [0.1, 0.15) is 5.69 Å². The average Bonchev–Trinajstić information content (AvgIpc) is 2.57. The smallest absolute Gasteiger partial charge is 0.296 e. The molecule has 0 saturated carbocycles. The van der Waals surface area contributed by atoms with Gasteiger partial charge in [0.05, 0.1) is 5.69 Å². The van der Waals surface area contributed by atoms with Crippen LogP contribution in [-0.4, -0.2) is 20.0 Å². The van der Waals surface area contributed by atoms with E-state index >= 15 is 0 Å². The van der Waals surface area contributed by atoms with Gasteiger partial charge in [-0.05, 0) is 18.6 Å². The first-order chi connectivity index (χ1) is 7.24. The van der Waals surface area contributed by atoms with Gasteiger partial charge in [0, 0.05) is 6.20 Å². The van der Waals surface area contributed by atoms with Crippen molar-refractivity contribution >= 4 is 5.69 Å². The number of nitrogens with two attached hydrogens (primary N) is 1. The van der Waals surface area contributed by atoms with Gasteiger partial charge in [-0.25, -0.2) is 0 Å². The van der Waals surface area contributed by atoms with Gasteiger partial charge >= 0.3 is 0 Å². The van der Waals surface area contributed by atoms with E-state index < -0.39 is 0 Å². The lowest BCUT2D eigenvalue weighted by atomic mass is 10.3. The Morgan fingerprint density at radius 1 is 1.60 bits per heavy atom. The Labute approximate surface area is 85.7 Å². The van der Waals surface area contributed by atoms with E-state index in [4.69, 9.17) is 5.73 Å². The molecule has 6 heteroatoms. The Balaban J connectivity index is 2.60. The van der Waals surface area contributed by atoms with Crippen LogP contribution in [0.4, 0.5) is 5.69 Å². The monoisotopic (exact) mass is 205 g/mol. The molecule has 15 heavy (non-hydrogen) atoms. The molecule has 3 N–H and O–H groups in total. The van der Waals surface area contributed by atoms with Gasteiger partial charge in [-0.3, -0.25) is 9.89 Å². The Bertz CT molecular complexity index is 513. The van der Waals surface area contributed by atoms with Crippen LogP contribution >= 0.6 is 0 Å². The Kier molecular flexibility index (Phi) is 2.24. The number of hydrogen-bond donors (Lipinski definition) is 2. The highest BCUT2D eigenvalue weighted by molar-refractivity contribution is 5.42. The number of aromatic amines is 1. The molecule has 0 unspecified atom stereocenters. The van der Waals surface area contributed by atoms with Crippen LogP contribution in [0.2, 0.25) is 0 Å². The molecule has 0 saturated heterocycles. The standard InChI is InChI=1S/C9H11N5O/c1-2-6-8(10)9(15)14(13-6)7-4-3-5-11-12-7/h3-5,13H,2,10H2,1H3. The summed E-state index contributed by atoms with van der Waals surface area (Å²) in [5, 5.41) is 10.4. The predicted molar refractivity (Wildman–Crippen MR) is 55.8 cm³/mol. The molecule has 2 aromatic heterocycles. The van der Waals surface area contributed by atoms with Crippen LogP contribution in [-0.2, 0) is 6.42 Å². The number of nitrogen functional groups attached to an aromatic ring is 1. The lowest BCUT2D eigenvalue weighted by Gasteiger charge is -1.97. The molecule has 2 heterocycles. The van der Waals surface area contributed by atoms with Crippen molar-refractivity contribution in [3.8, 4) is 5.82 Å². The second-order valence-corrected chi connectivity index (χ2v) is 3.08. The summed E-state index contributed by atoms with van der Waals surface area (Å²) >= 11 is 0. The maximum absolute atomic E-state index is 11.7. The van der Waals surface area contributed by atoms with Gasteiger partial charge in [-0.15, -0.1) is 5.10 Å². The predicted octanol–water partition coefficient (Wildman–Crippen LogP) is 0.100. The van der Waals surface area contributed by atoms with Gasteiger partial charge in [0.25, 0.3) is 5.56 Å². The van der Waals surface area contributed by atoms with E-state index in [-0.39, 0.29) is 11.2 Å². The third-order valence-corrected chi connectivity index (χ3v) is 2.15. The fourth-order valence-electron chi connectivity index (χ4n) is 1.34. The molecular formula is C9H11N5O. The zero-order valence-electron chi connectivity index (χ0n) is 8.27. The van der Waals surface area contributed by atoms with E-state index in [9.17, 15) is 4.79 Å². The van der Waals surface area contributed by atoms with Crippen LogP contribution in [0.15, 0.2) is 23.1 Å². The van der Waals surface area contributed by atoms with Crippen LogP contribution in [0.3, 0.4) is 0 Å². The van der Waals surface area contributed by atoms with Crippen LogP contribution in [0, 0.1) is 0 Å². The van der Waals surface area contributed by atoms with Crippen LogP contribution < -0.4 is 11.3 Å². The molecule has 0 bridgehead atoms. The number of aryl methyl sites for hydroxylation is 1. The molecule has 0 spiro atoms. The lowest BCUT2D eigenvalue weighted by Crippen LogP contribution is -2.17. The normalized spacial score (nSPS) is 10.5. The van der Waals surface area contributed by atoms with Crippen molar-refractivity contribution in [3.63, 3.8) is 0 Å². The van der Waals surface area contributed by atoms with E-state index in [0.29, 0.717) is 17.9 Å². The summed E-state index contributed by atoms with van der Waals surface area (Å²) in [4.78, 5) is 11.7. The first-order valence-electron chi connectivity index (χ1n) is 4.61. The molecule has 0 aliphatic carbocycles. The Morgan fingerprint density at radius 2 is 2.40 bits per heavy atom. The Morgan fingerprint density at radius 3 is 2.93 bits per heavy atom. The zero-order chi connectivity index (χ0) is 10.8. The van der Waals surface area contributed by atoms with Gasteiger partial charge in [0.15, 0.2) is 5.82 Å². The van der Waals surface area contributed by atoms with Crippen molar-refractivity contribution < 1.29 is 0 Å². The fraction of sp³-hybridized carbons (Fsp3) is 0.222. The maximum Gasteiger partial charge on any atom is 0.296 e. The summed E-state index contributed by atoms with van der Waals surface area (Å²) in [6, 6.07) is 3.39. The summed E-state index contributed by atoms with van der Waals surface area (Å²) in [7, 11) is 0. The molecule has 2 aromatic rings. The van der Waals surface area contributed by atoms with E-state index in [0.717, 1.165) is 0 Å². The third-order valence-electron chi connectivity index (χ3n) is 2.15.